The summed E-state index contributed by atoms with van der Waals surface area (Å²) < 4.78 is 5.22. The zero-order valence-electron chi connectivity index (χ0n) is 16.7. The number of carbonyl (C=O) groups excluding carboxylic acids is 1. The second kappa shape index (κ2) is 9.17. The van der Waals surface area contributed by atoms with Crippen molar-refractivity contribution in [3.63, 3.8) is 0 Å². The summed E-state index contributed by atoms with van der Waals surface area (Å²) in [5.74, 6) is 0.809. The minimum atomic E-state index is -0.561. The summed E-state index contributed by atoms with van der Waals surface area (Å²) in [6.07, 6.45) is 0.355. The van der Waals surface area contributed by atoms with Gasteiger partial charge in [0.1, 0.15) is 5.75 Å². The van der Waals surface area contributed by atoms with E-state index in [4.69, 9.17) is 4.52 Å². The largest absolute Gasteiger partial charge is 0.508 e. The molecular formula is C21H22N4O5. The fourth-order valence-electron chi connectivity index (χ4n) is 2.82. The van der Waals surface area contributed by atoms with Crippen molar-refractivity contribution in [1.82, 2.24) is 15.5 Å². The third kappa shape index (κ3) is 5.19. The number of aromatic nitrogens is 2. The van der Waals surface area contributed by atoms with Gasteiger partial charge in [0.15, 0.2) is 0 Å². The Morgan fingerprint density at radius 3 is 2.63 bits per heavy atom. The van der Waals surface area contributed by atoms with Crippen LogP contribution in [-0.2, 0) is 17.8 Å². The molecule has 0 atom stereocenters. The van der Waals surface area contributed by atoms with E-state index in [0.717, 1.165) is 5.56 Å². The smallest absolute Gasteiger partial charge is 0.270 e. The molecule has 0 saturated carbocycles. The van der Waals surface area contributed by atoms with Gasteiger partial charge in [-0.25, -0.2) is 0 Å². The molecule has 0 aliphatic rings. The van der Waals surface area contributed by atoms with Crippen LogP contribution in [0, 0.1) is 10.1 Å². The number of amides is 1. The highest BCUT2D eigenvalue weighted by Gasteiger charge is 2.13. The maximum absolute atomic E-state index is 12.1. The molecule has 0 bridgehead atoms. The summed E-state index contributed by atoms with van der Waals surface area (Å²) in [5.41, 5.74) is 2.16. The van der Waals surface area contributed by atoms with Gasteiger partial charge >= 0.3 is 0 Å². The lowest BCUT2D eigenvalue weighted by atomic mass is 10.0. The standard InChI is InChI=1S/C21H22N4O5/c1-13(2)14-3-5-15(6-4-14)21-23-20(30-24-21)10-9-19(27)22-12-16-11-17(25(28)29)7-8-18(16)26/h3-8,11,13,26H,9-10,12H2,1-2H3,(H,22,27). The molecule has 0 aliphatic heterocycles. The van der Waals surface area contributed by atoms with E-state index >= 15 is 0 Å². The van der Waals surface area contributed by atoms with Gasteiger partial charge in [0.05, 0.1) is 4.92 Å². The van der Waals surface area contributed by atoms with E-state index in [1.54, 1.807) is 0 Å². The maximum atomic E-state index is 12.1. The Labute approximate surface area is 172 Å². The fourth-order valence-corrected chi connectivity index (χ4v) is 2.82. The summed E-state index contributed by atoms with van der Waals surface area (Å²) in [6.45, 7) is 4.21. The first kappa shape index (κ1) is 21.0. The van der Waals surface area contributed by atoms with Crippen LogP contribution < -0.4 is 5.32 Å². The summed E-state index contributed by atoms with van der Waals surface area (Å²) in [7, 11) is 0. The molecule has 3 aromatic rings. The van der Waals surface area contributed by atoms with Gasteiger partial charge in [-0.05, 0) is 17.5 Å². The molecule has 2 aromatic carbocycles. The Balaban J connectivity index is 1.53. The van der Waals surface area contributed by atoms with Gasteiger partial charge in [-0.1, -0.05) is 43.3 Å². The molecule has 156 valence electrons. The number of aryl methyl sites for hydroxylation is 1. The Bertz CT molecular complexity index is 1040. The molecule has 1 aromatic heterocycles. The molecule has 0 fully saturated rings. The minimum Gasteiger partial charge on any atom is -0.508 e. The van der Waals surface area contributed by atoms with E-state index in [1.807, 2.05) is 24.3 Å². The van der Waals surface area contributed by atoms with Crippen molar-refractivity contribution in [2.45, 2.75) is 39.2 Å². The van der Waals surface area contributed by atoms with Gasteiger partial charge < -0.3 is 14.9 Å². The molecule has 9 nitrogen and oxygen atoms in total. The number of carbonyl (C=O) groups is 1. The number of nitro groups is 1. The molecule has 2 N–H and O–H groups in total. The van der Waals surface area contributed by atoms with Crippen LogP contribution in [0.5, 0.6) is 5.75 Å². The van der Waals surface area contributed by atoms with Crippen LogP contribution in [0.25, 0.3) is 11.4 Å². The topological polar surface area (TPSA) is 131 Å². The van der Waals surface area contributed by atoms with E-state index < -0.39 is 4.92 Å². The van der Waals surface area contributed by atoms with Crippen molar-refractivity contribution >= 4 is 11.6 Å². The molecular weight excluding hydrogens is 388 g/mol. The SMILES string of the molecule is CC(C)c1ccc(-c2noc(CCC(=O)NCc3cc([N+](=O)[O-])ccc3O)n2)cc1. The zero-order valence-corrected chi connectivity index (χ0v) is 16.7. The number of phenols is 1. The van der Waals surface area contributed by atoms with E-state index in [-0.39, 0.29) is 42.3 Å². The number of hydrogen-bond donors (Lipinski definition) is 2. The molecule has 0 radical (unpaired) electrons. The fraction of sp³-hybridized carbons (Fsp3) is 0.286. The molecule has 30 heavy (non-hydrogen) atoms. The van der Waals surface area contributed by atoms with Crippen LogP contribution in [0.4, 0.5) is 5.69 Å². The Kier molecular flexibility index (Phi) is 6.41. The van der Waals surface area contributed by atoms with Crippen molar-refractivity contribution in [2.75, 3.05) is 0 Å². The van der Waals surface area contributed by atoms with Crippen LogP contribution in [0.2, 0.25) is 0 Å². The summed E-state index contributed by atoms with van der Waals surface area (Å²) in [6, 6.07) is 11.6. The predicted molar refractivity (Wildman–Crippen MR) is 109 cm³/mol. The van der Waals surface area contributed by atoms with Gasteiger partial charge in [0.25, 0.3) is 5.69 Å². The number of aromatic hydroxyl groups is 1. The highest BCUT2D eigenvalue weighted by Crippen LogP contribution is 2.23. The Morgan fingerprint density at radius 2 is 1.97 bits per heavy atom. The highest BCUT2D eigenvalue weighted by atomic mass is 16.6. The highest BCUT2D eigenvalue weighted by molar-refractivity contribution is 5.76. The van der Waals surface area contributed by atoms with Gasteiger partial charge in [-0.2, -0.15) is 4.98 Å². The lowest BCUT2D eigenvalue weighted by molar-refractivity contribution is -0.384. The zero-order chi connectivity index (χ0) is 21.7. The van der Waals surface area contributed by atoms with Crippen molar-refractivity contribution in [3.05, 3.63) is 69.6 Å². The van der Waals surface area contributed by atoms with Crippen molar-refractivity contribution in [3.8, 4) is 17.1 Å². The molecule has 9 heteroatoms. The number of nitro benzene ring substituents is 1. The third-order valence-corrected chi connectivity index (χ3v) is 4.62. The number of nitrogens with one attached hydrogen (secondary N) is 1. The van der Waals surface area contributed by atoms with Crippen LogP contribution in [0.15, 0.2) is 47.0 Å². The monoisotopic (exact) mass is 410 g/mol. The predicted octanol–water partition coefficient (Wildman–Crippen LogP) is 3.72. The maximum Gasteiger partial charge on any atom is 0.270 e. The molecule has 1 amide bonds. The van der Waals surface area contributed by atoms with Crippen LogP contribution in [0.1, 0.15) is 43.2 Å². The number of nitrogens with zero attached hydrogens (tertiary/aromatic N) is 3. The van der Waals surface area contributed by atoms with Gasteiger partial charge in [0.2, 0.25) is 17.6 Å². The lowest BCUT2D eigenvalue weighted by Crippen LogP contribution is -2.23. The second-order valence-corrected chi connectivity index (χ2v) is 7.14. The van der Waals surface area contributed by atoms with Crippen LogP contribution in [0.3, 0.4) is 0 Å². The number of non-ortho nitro benzene ring substituents is 1. The van der Waals surface area contributed by atoms with Crippen molar-refractivity contribution in [1.29, 1.82) is 0 Å². The molecule has 3 rings (SSSR count). The first-order valence-corrected chi connectivity index (χ1v) is 9.49. The molecule has 0 saturated heterocycles. The van der Waals surface area contributed by atoms with E-state index in [0.29, 0.717) is 17.6 Å². The second-order valence-electron chi connectivity index (χ2n) is 7.14. The minimum absolute atomic E-state index is 0.0242. The third-order valence-electron chi connectivity index (χ3n) is 4.62. The first-order chi connectivity index (χ1) is 14.3. The molecule has 1 heterocycles. The number of rotatable bonds is 8. The van der Waals surface area contributed by atoms with E-state index in [1.165, 1.54) is 23.8 Å². The molecule has 0 unspecified atom stereocenters. The molecule has 0 spiro atoms. The van der Waals surface area contributed by atoms with Crippen molar-refractivity contribution < 1.29 is 19.3 Å². The van der Waals surface area contributed by atoms with Gasteiger partial charge in [-0.3, -0.25) is 14.9 Å². The normalized spacial score (nSPS) is 10.9. The summed E-state index contributed by atoms with van der Waals surface area (Å²) >= 11 is 0. The molecule has 0 aliphatic carbocycles. The first-order valence-electron chi connectivity index (χ1n) is 9.49. The summed E-state index contributed by atoms with van der Waals surface area (Å²) in [5, 5.41) is 27.2. The van der Waals surface area contributed by atoms with E-state index in [9.17, 15) is 20.0 Å². The average Bonchev–Trinajstić information content (AvgIpc) is 3.20. The lowest BCUT2D eigenvalue weighted by Gasteiger charge is -2.06. The number of hydrogen-bond acceptors (Lipinski definition) is 7. The average molecular weight is 410 g/mol. The van der Waals surface area contributed by atoms with Crippen molar-refractivity contribution in [2.24, 2.45) is 0 Å². The summed E-state index contributed by atoms with van der Waals surface area (Å²) in [4.78, 5) is 26.7. The van der Waals surface area contributed by atoms with Gasteiger partial charge in [0, 0.05) is 42.6 Å². The van der Waals surface area contributed by atoms with Gasteiger partial charge in [-0.15, -0.1) is 0 Å². The Morgan fingerprint density at radius 1 is 1.23 bits per heavy atom. The van der Waals surface area contributed by atoms with Crippen LogP contribution in [-0.4, -0.2) is 26.1 Å². The van der Waals surface area contributed by atoms with Crippen LogP contribution >= 0.6 is 0 Å². The number of benzene rings is 2. The van der Waals surface area contributed by atoms with E-state index in [2.05, 4.69) is 29.3 Å². The quantitative estimate of drug-likeness (QED) is 0.427. The number of phenolic OH excluding ortho intramolecular Hbond substituents is 1. The Hall–Kier alpha value is -3.75.